The number of pyridine rings is 1. The van der Waals surface area contributed by atoms with Gasteiger partial charge in [0.1, 0.15) is 10.4 Å². The van der Waals surface area contributed by atoms with Crippen LogP contribution >= 0.6 is 43.5 Å². The molecule has 0 saturated carbocycles. The van der Waals surface area contributed by atoms with Gasteiger partial charge in [0.05, 0.1) is 5.02 Å². The average molecular weight is 390 g/mol. The number of benzene rings is 1. The molecule has 1 N–H and O–H groups in total. The highest BCUT2D eigenvalue weighted by atomic mass is 79.9. The van der Waals surface area contributed by atoms with Crippen LogP contribution < -0.4 is 5.32 Å². The lowest BCUT2D eigenvalue weighted by molar-refractivity contribution is 0.102. The van der Waals surface area contributed by atoms with Gasteiger partial charge in [-0.25, -0.2) is 4.98 Å². The van der Waals surface area contributed by atoms with E-state index in [9.17, 15) is 4.79 Å². The fourth-order valence-corrected chi connectivity index (χ4v) is 2.07. The molecule has 0 spiro atoms. The van der Waals surface area contributed by atoms with Gasteiger partial charge in [0.2, 0.25) is 0 Å². The number of carbonyl (C=O) groups is 1. The molecule has 0 aliphatic carbocycles. The molecule has 3 nitrogen and oxygen atoms in total. The molecule has 6 heteroatoms. The fraction of sp³-hybridized carbons (Fsp3) is 0. The van der Waals surface area contributed by atoms with E-state index in [1.54, 1.807) is 36.4 Å². The molecule has 18 heavy (non-hydrogen) atoms. The Morgan fingerprint density at radius 3 is 2.67 bits per heavy atom. The molecule has 0 aliphatic heterocycles. The highest BCUT2D eigenvalue weighted by Crippen LogP contribution is 2.23. The number of amides is 1. The molecule has 1 aromatic carbocycles. The Balaban J connectivity index is 2.19. The number of hydrogen-bond acceptors (Lipinski definition) is 2. The van der Waals surface area contributed by atoms with Crippen LogP contribution in [-0.4, -0.2) is 10.9 Å². The predicted octanol–water partition coefficient (Wildman–Crippen LogP) is 4.51. The molecular weight excluding hydrogens is 383 g/mol. The standard InChI is InChI=1S/C12H7Br2ClN2O/c13-8-5-4-7(6-9(8)15)12(18)17-11-3-1-2-10(14)16-11/h1-6H,(H,16,17,18). The van der Waals surface area contributed by atoms with Gasteiger partial charge in [-0.1, -0.05) is 17.7 Å². The number of aromatic nitrogens is 1. The molecule has 0 saturated heterocycles. The topological polar surface area (TPSA) is 42.0 Å². The summed E-state index contributed by atoms with van der Waals surface area (Å²) < 4.78 is 1.41. The summed E-state index contributed by atoms with van der Waals surface area (Å²) >= 11 is 12.4. The van der Waals surface area contributed by atoms with Crippen molar-refractivity contribution in [2.75, 3.05) is 5.32 Å². The maximum Gasteiger partial charge on any atom is 0.256 e. The van der Waals surface area contributed by atoms with Crippen LogP contribution in [0.2, 0.25) is 5.02 Å². The van der Waals surface area contributed by atoms with Gasteiger partial charge in [0.25, 0.3) is 5.91 Å². The van der Waals surface area contributed by atoms with Crippen molar-refractivity contribution in [1.82, 2.24) is 4.98 Å². The van der Waals surface area contributed by atoms with Crippen molar-refractivity contribution in [2.24, 2.45) is 0 Å². The van der Waals surface area contributed by atoms with E-state index in [-0.39, 0.29) is 5.91 Å². The minimum absolute atomic E-state index is 0.255. The Morgan fingerprint density at radius 2 is 2.00 bits per heavy atom. The molecule has 0 radical (unpaired) electrons. The van der Waals surface area contributed by atoms with E-state index in [4.69, 9.17) is 11.6 Å². The summed E-state index contributed by atoms with van der Waals surface area (Å²) in [5, 5.41) is 3.18. The molecule has 2 aromatic rings. The molecule has 1 heterocycles. The lowest BCUT2D eigenvalue weighted by Gasteiger charge is -2.05. The van der Waals surface area contributed by atoms with Gasteiger partial charge in [-0.05, 0) is 62.2 Å². The van der Waals surface area contributed by atoms with Crippen LogP contribution in [0.1, 0.15) is 10.4 Å². The summed E-state index contributed by atoms with van der Waals surface area (Å²) in [7, 11) is 0. The van der Waals surface area contributed by atoms with E-state index < -0.39 is 0 Å². The van der Waals surface area contributed by atoms with E-state index in [1.807, 2.05) is 0 Å². The normalized spacial score (nSPS) is 10.2. The number of carbonyl (C=O) groups excluding carboxylic acids is 1. The number of rotatable bonds is 2. The Labute approximate surface area is 126 Å². The molecule has 0 aliphatic rings. The Hall–Kier alpha value is -0.910. The second kappa shape index (κ2) is 5.82. The highest BCUT2D eigenvalue weighted by molar-refractivity contribution is 9.10. The molecule has 1 aromatic heterocycles. The maximum absolute atomic E-state index is 11.9. The van der Waals surface area contributed by atoms with Gasteiger partial charge >= 0.3 is 0 Å². The fourth-order valence-electron chi connectivity index (χ4n) is 1.30. The molecule has 0 bridgehead atoms. The Kier molecular flexibility index (Phi) is 4.37. The van der Waals surface area contributed by atoms with E-state index in [0.29, 0.717) is 21.0 Å². The number of hydrogen-bond donors (Lipinski definition) is 1. The molecular formula is C12H7Br2ClN2O. The van der Waals surface area contributed by atoms with Gasteiger partial charge in [0, 0.05) is 10.0 Å². The zero-order chi connectivity index (χ0) is 13.1. The number of nitrogens with one attached hydrogen (secondary N) is 1. The zero-order valence-electron chi connectivity index (χ0n) is 8.95. The van der Waals surface area contributed by atoms with Crippen molar-refractivity contribution >= 4 is 55.2 Å². The smallest absolute Gasteiger partial charge is 0.256 e. The Morgan fingerprint density at radius 1 is 1.22 bits per heavy atom. The van der Waals surface area contributed by atoms with Crippen LogP contribution in [0, 0.1) is 0 Å². The molecule has 2 rings (SSSR count). The second-order valence-corrected chi connectivity index (χ2v) is 5.50. The van der Waals surface area contributed by atoms with E-state index in [1.165, 1.54) is 0 Å². The zero-order valence-corrected chi connectivity index (χ0v) is 12.9. The molecule has 0 atom stereocenters. The third-order valence-corrected chi connectivity index (χ3v) is 3.81. The summed E-state index contributed by atoms with van der Waals surface area (Å²) in [4.78, 5) is 16.1. The minimum Gasteiger partial charge on any atom is -0.307 e. The summed E-state index contributed by atoms with van der Waals surface area (Å²) in [6.07, 6.45) is 0. The molecule has 1 amide bonds. The van der Waals surface area contributed by atoms with Gasteiger partial charge in [-0.3, -0.25) is 4.79 Å². The van der Waals surface area contributed by atoms with Gasteiger partial charge < -0.3 is 5.32 Å². The van der Waals surface area contributed by atoms with Gasteiger partial charge in [0.15, 0.2) is 0 Å². The second-order valence-electron chi connectivity index (χ2n) is 3.43. The first-order valence-corrected chi connectivity index (χ1v) is 6.91. The van der Waals surface area contributed by atoms with Crippen LogP contribution in [-0.2, 0) is 0 Å². The van der Waals surface area contributed by atoms with Crippen LogP contribution in [0.3, 0.4) is 0 Å². The monoisotopic (exact) mass is 388 g/mol. The first kappa shape index (κ1) is 13.5. The summed E-state index contributed by atoms with van der Waals surface area (Å²) in [5.41, 5.74) is 0.477. The average Bonchev–Trinajstić information content (AvgIpc) is 2.32. The van der Waals surface area contributed by atoms with Gasteiger partial charge in [-0.15, -0.1) is 0 Å². The van der Waals surface area contributed by atoms with Crippen molar-refractivity contribution < 1.29 is 4.79 Å². The lowest BCUT2D eigenvalue weighted by atomic mass is 10.2. The van der Waals surface area contributed by atoms with Crippen molar-refractivity contribution in [1.29, 1.82) is 0 Å². The molecule has 0 fully saturated rings. The van der Waals surface area contributed by atoms with E-state index in [2.05, 4.69) is 42.2 Å². The van der Waals surface area contributed by atoms with Crippen LogP contribution in [0.15, 0.2) is 45.5 Å². The summed E-state index contributed by atoms with van der Waals surface area (Å²) in [6.45, 7) is 0. The van der Waals surface area contributed by atoms with Crippen LogP contribution in [0.5, 0.6) is 0 Å². The predicted molar refractivity (Wildman–Crippen MR) is 79.0 cm³/mol. The largest absolute Gasteiger partial charge is 0.307 e. The van der Waals surface area contributed by atoms with Crippen LogP contribution in [0.25, 0.3) is 0 Å². The first-order valence-electron chi connectivity index (χ1n) is 4.95. The molecule has 92 valence electrons. The third-order valence-electron chi connectivity index (χ3n) is 2.14. The van der Waals surface area contributed by atoms with Gasteiger partial charge in [-0.2, -0.15) is 0 Å². The van der Waals surface area contributed by atoms with Crippen molar-refractivity contribution in [3.05, 3.63) is 56.1 Å². The highest BCUT2D eigenvalue weighted by Gasteiger charge is 2.08. The van der Waals surface area contributed by atoms with E-state index >= 15 is 0 Å². The molecule has 0 unspecified atom stereocenters. The maximum atomic E-state index is 11.9. The summed E-state index contributed by atoms with van der Waals surface area (Å²) in [5.74, 6) is 0.225. The first-order chi connectivity index (χ1) is 8.56. The van der Waals surface area contributed by atoms with E-state index in [0.717, 1.165) is 4.47 Å². The number of nitrogens with zero attached hydrogens (tertiary/aromatic N) is 1. The summed E-state index contributed by atoms with van der Waals surface area (Å²) in [6, 6.07) is 10.3. The van der Waals surface area contributed by atoms with Crippen LogP contribution in [0.4, 0.5) is 5.82 Å². The number of halogens is 3. The van der Waals surface area contributed by atoms with Crippen molar-refractivity contribution in [3.63, 3.8) is 0 Å². The quantitative estimate of drug-likeness (QED) is 0.767. The Bertz CT molecular complexity index is 604. The minimum atomic E-state index is -0.255. The third kappa shape index (κ3) is 3.31. The van der Waals surface area contributed by atoms with Crippen molar-refractivity contribution in [2.45, 2.75) is 0 Å². The lowest BCUT2D eigenvalue weighted by Crippen LogP contribution is -2.12. The number of anilines is 1. The van der Waals surface area contributed by atoms with Crippen molar-refractivity contribution in [3.8, 4) is 0 Å². The SMILES string of the molecule is O=C(Nc1cccc(Br)n1)c1ccc(Br)c(Cl)c1.